The van der Waals surface area contributed by atoms with E-state index in [1.165, 1.54) is 0 Å². The van der Waals surface area contributed by atoms with E-state index >= 15 is 0 Å². The van der Waals surface area contributed by atoms with E-state index in [4.69, 9.17) is 9.47 Å². The maximum absolute atomic E-state index is 5.85. The fourth-order valence-corrected chi connectivity index (χ4v) is 3.85. The number of nitrogens with zero attached hydrogens (tertiary/aromatic N) is 2. The number of rotatable bonds is 10. The van der Waals surface area contributed by atoms with Crippen LogP contribution in [0, 0.1) is 0 Å². The zero-order valence-electron chi connectivity index (χ0n) is 14.9. The highest BCUT2D eigenvalue weighted by Crippen LogP contribution is 2.20. The molecule has 6 nitrogen and oxygen atoms in total. The van der Waals surface area contributed by atoms with Crippen molar-refractivity contribution in [1.29, 1.82) is 0 Å². The molecule has 1 aromatic heterocycles. The third kappa shape index (κ3) is 9.97. The van der Waals surface area contributed by atoms with Crippen LogP contribution in [-0.4, -0.2) is 61.8 Å². The number of aromatic nitrogens is 1. The maximum Gasteiger partial charge on any atom is 0.191 e. The summed E-state index contributed by atoms with van der Waals surface area (Å²) in [7, 11) is 0. The number of hydrogen-bond donors (Lipinski definition) is 2. The zero-order valence-corrected chi connectivity index (χ0v) is 18.9. The van der Waals surface area contributed by atoms with Crippen LogP contribution in [-0.2, 0) is 9.47 Å². The average Bonchev–Trinajstić information content (AvgIpc) is 3.26. The maximum atomic E-state index is 5.85. The van der Waals surface area contributed by atoms with Gasteiger partial charge in [-0.15, -0.1) is 35.3 Å². The van der Waals surface area contributed by atoms with Gasteiger partial charge in [0.25, 0.3) is 0 Å². The summed E-state index contributed by atoms with van der Waals surface area (Å²) < 4.78 is 12.3. The Hall–Kier alpha value is -0.100. The van der Waals surface area contributed by atoms with Gasteiger partial charge in [0.05, 0.1) is 19.3 Å². The van der Waals surface area contributed by atoms with Gasteiger partial charge in [0, 0.05) is 43.1 Å². The smallest absolute Gasteiger partial charge is 0.191 e. The van der Waals surface area contributed by atoms with Gasteiger partial charge < -0.3 is 20.1 Å². The first-order chi connectivity index (χ1) is 11.8. The second kappa shape index (κ2) is 14.0. The standard InChI is InChI=1S/C16H28N4O2S2.HI/c1-3-17-15(18-6-4-9-23-16-19-7-10-24-16)20-13(2)11-22-14-5-8-21-12-14;/h7,10,13-14H,3-6,8-9,11-12H2,1-2H3,(H2,17,18,20);1H. The minimum Gasteiger partial charge on any atom is -0.379 e. The van der Waals surface area contributed by atoms with Crippen molar-refractivity contribution >= 4 is 53.0 Å². The van der Waals surface area contributed by atoms with Crippen LogP contribution in [0.5, 0.6) is 0 Å². The number of thioether (sulfide) groups is 1. The fourth-order valence-electron chi connectivity index (χ4n) is 2.22. The topological polar surface area (TPSA) is 67.8 Å². The lowest BCUT2D eigenvalue weighted by Crippen LogP contribution is -2.44. The van der Waals surface area contributed by atoms with E-state index in [0.717, 1.165) is 55.2 Å². The van der Waals surface area contributed by atoms with Crippen molar-refractivity contribution in [2.24, 2.45) is 4.99 Å². The van der Waals surface area contributed by atoms with Crippen molar-refractivity contribution in [3.63, 3.8) is 0 Å². The first-order valence-corrected chi connectivity index (χ1v) is 10.4. The van der Waals surface area contributed by atoms with Crippen molar-refractivity contribution < 1.29 is 9.47 Å². The number of hydrogen-bond acceptors (Lipinski definition) is 6. The number of halogens is 1. The van der Waals surface area contributed by atoms with Gasteiger partial charge in [-0.25, -0.2) is 4.98 Å². The first-order valence-electron chi connectivity index (χ1n) is 8.54. The molecule has 2 heterocycles. The summed E-state index contributed by atoms with van der Waals surface area (Å²) >= 11 is 3.48. The summed E-state index contributed by atoms with van der Waals surface area (Å²) in [5.74, 6) is 1.90. The van der Waals surface area contributed by atoms with E-state index < -0.39 is 0 Å². The van der Waals surface area contributed by atoms with E-state index in [2.05, 4.69) is 34.5 Å². The Morgan fingerprint density at radius 1 is 1.60 bits per heavy atom. The largest absolute Gasteiger partial charge is 0.379 e. The van der Waals surface area contributed by atoms with Gasteiger partial charge >= 0.3 is 0 Å². The summed E-state index contributed by atoms with van der Waals surface area (Å²) in [4.78, 5) is 8.90. The summed E-state index contributed by atoms with van der Waals surface area (Å²) in [5, 5.41) is 8.70. The second-order valence-electron chi connectivity index (χ2n) is 5.63. The Morgan fingerprint density at radius 3 is 3.16 bits per heavy atom. The van der Waals surface area contributed by atoms with Crippen molar-refractivity contribution in [3.8, 4) is 0 Å². The molecule has 0 aliphatic carbocycles. The minimum absolute atomic E-state index is 0. The Kier molecular flexibility index (Phi) is 12.9. The third-order valence-corrected chi connectivity index (χ3v) is 5.46. The highest BCUT2D eigenvalue weighted by Gasteiger charge is 2.17. The number of aliphatic imine (C=N–C) groups is 1. The zero-order chi connectivity index (χ0) is 17.0. The molecular weight excluding hydrogens is 471 g/mol. The predicted molar refractivity (Wildman–Crippen MR) is 117 cm³/mol. The minimum atomic E-state index is 0. The van der Waals surface area contributed by atoms with Crippen LogP contribution < -0.4 is 10.6 Å². The predicted octanol–water partition coefficient (Wildman–Crippen LogP) is 2.99. The van der Waals surface area contributed by atoms with Crippen LogP contribution in [0.15, 0.2) is 20.9 Å². The van der Waals surface area contributed by atoms with Gasteiger partial charge in [-0.3, -0.25) is 4.99 Å². The van der Waals surface area contributed by atoms with Crippen LogP contribution in [0.3, 0.4) is 0 Å². The quantitative estimate of drug-likeness (QED) is 0.169. The lowest BCUT2D eigenvalue weighted by Gasteiger charge is -2.19. The molecule has 2 rings (SSSR count). The highest BCUT2D eigenvalue weighted by molar-refractivity contribution is 14.0. The highest BCUT2D eigenvalue weighted by atomic mass is 127. The van der Waals surface area contributed by atoms with Crippen LogP contribution in [0.25, 0.3) is 0 Å². The number of guanidine groups is 1. The third-order valence-electron chi connectivity index (χ3n) is 3.40. The summed E-state index contributed by atoms with van der Waals surface area (Å²) in [6.07, 6.45) is 4.12. The number of nitrogens with one attached hydrogen (secondary N) is 2. The molecule has 1 fully saturated rings. The van der Waals surface area contributed by atoms with Gasteiger partial charge in [-0.05, 0) is 26.7 Å². The van der Waals surface area contributed by atoms with Gasteiger partial charge in [-0.2, -0.15) is 0 Å². The lowest BCUT2D eigenvalue weighted by molar-refractivity contribution is 0.0347. The second-order valence-corrected chi connectivity index (χ2v) is 7.86. The normalized spacial score (nSPS) is 18.6. The SMILES string of the molecule is CCNC(=NCCCSc1nccs1)NC(C)COC1CCOC1.I. The van der Waals surface area contributed by atoms with E-state index in [-0.39, 0.29) is 36.1 Å². The molecule has 0 aromatic carbocycles. The molecule has 0 saturated carbocycles. The molecule has 1 saturated heterocycles. The van der Waals surface area contributed by atoms with Gasteiger partial charge in [-0.1, -0.05) is 11.8 Å². The Labute approximate surface area is 176 Å². The lowest BCUT2D eigenvalue weighted by atomic mass is 10.3. The van der Waals surface area contributed by atoms with E-state index in [0.29, 0.717) is 6.61 Å². The molecule has 1 aliphatic rings. The summed E-state index contributed by atoms with van der Waals surface area (Å²) in [6, 6.07) is 0.216. The van der Waals surface area contributed by atoms with Crippen molar-refractivity contribution in [2.45, 2.75) is 43.2 Å². The van der Waals surface area contributed by atoms with E-state index in [9.17, 15) is 0 Å². The van der Waals surface area contributed by atoms with Gasteiger partial charge in [0.1, 0.15) is 4.34 Å². The van der Waals surface area contributed by atoms with Crippen LogP contribution in [0.4, 0.5) is 0 Å². The van der Waals surface area contributed by atoms with Crippen LogP contribution in [0.1, 0.15) is 26.7 Å². The molecule has 144 valence electrons. The molecule has 25 heavy (non-hydrogen) atoms. The molecule has 2 atom stereocenters. The van der Waals surface area contributed by atoms with Gasteiger partial charge in [0.15, 0.2) is 5.96 Å². The Morgan fingerprint density at radius 2 is 2.48 bits per heavy atom. The Bertz CT molecular complexity index is 471. The summed E-state index contributed by atoms with van der Waals surface area (Å²) in [6.45, 7) is 8.04. The molecule has 1 aromatic rings. The molecule has 0 spiro atoms. The molecule has 0 amide bonds. The van der Waals surface area contributed by atoms with Gasteiger partial charge in [0.2, 0.25) is 0 Å². The van der Waals surface area contributed by atoms with Crippen molar-refractivity contribution in [1.82, 2.24) is 15.6 Å². The number of thiazole rings is 1. The molecule has 0 radical (unpaired) electrons. The van der Waals surface area contributed by atoms with Crippen molar-refractivity contribution in [2.75, 3.05) is 38.7 Å². The van der Waals surface area contributed by atoms with Crippen LogP contribution in [0.2, 0.25) is 0 Å². The fraction of sp³-hybridized carbons (Fsp3) is 0.750. The molecular formula is C16H29IN4O2S2. The molecule has 0 bridgehead atoms. The summed E-state index contributed by atoms with van der Waals surface area (Å²) in [5.41, 5.74) is 0. The monoisotopic (exact) mass is 500 g/mol. The van der Waals surface area contributed by atoms with E-state index in [1.807, 2.05) is 11.6 Å². The first kappa shape index (κ1) is 22.9. The molecule has 2 N–H and O–H groups in total. The van der Waals surface area contributed by atoms with E-state index in [1.54, 1.807) is 23.1 Å². The van der Waals surface area contributed by atoms with Crippen LogP contribution >= 0.6 is 47.1 Å². The molecule has 1 aliphatic heterocycles. The molecule has 9 heteroatoms. The molecule has 2 unspecified atom stereocenters. The average molecular weight is 500 g/mol. The number of ether oxygens (including phenoxy) is 2. The Balaban J connectivity index is 0.00000312. The van der Waals surface area contributed by atoms with Crippen molar-refractivity contribution in [3.05, 3.63) is 11.6 Å².